The molecule has 94 valence electrons. The fourth-order valence-electron chi connectivity index (χ4n) is 2.71. The second-order valence-corrected chi connectivity index (χ2v) is 4.83. The first-order valence-electron chi connectivity index (χ1n) is 6.43. The molecule has 1 fully saturated rings. The molecule has 1 aliphatic rings. The van der Waals surface area contributed by atoms with Crippen molar-refractivity contribution >= 4 is 0 Å². The Morgan fingerprint density at radius 1 is 1.47 bits per heavy atom. The highest BCUT2D eigenvalue weighted by molar-refractivity contribution is 5.17. The van der Waals surface area contributed by atoms with Gasteiger partial charge < -0.3 is 9.84 Å². The van der Waals surface area contributed by atoms with E-state index in [1.165, 1.54) is 0 Å². The van der Waals surface area contributed by atoms with Crippen molar-refractivity contribution in [2.45, 2.75) is 44.8 Å². The van der Waals surface area contributed by atoms with Gasteiger partial charge in [-0.1, -0.05) is 13.8 Å². The highest BCUT2D eigenvalue weighted by atomic mass is 16.5. The Morgan fingerprint density at radius 3 is 2.82 bits per heavy atom. The Labute approximate surface area is 103 Å². The Morgan fingerprint density at radius 2 is 2.18 bits per heavy atom. The predicted molar refractivity (Wildman–Crippen MR) is 66.8 cm³/mol. The van der Waals surface area contributed by atoms with E-state index in [2.05, 4.69) is 18.8 Å². The van der Waals surface area contributed by atoms with Gasteiger partial charge >= 0.3 is 0 Å². The first-order valence-corrected chi connectivity index (χ1v) is 6.43. The summed E-state index contributed by atoms with van der Waals surface area (Å²) in [5.41, 5.74) is 1.15. The van der Waals surface area contributed by atoms with Gasteiger partial charge in [-0.25, -0.2) is 0 Å². The molecule has 1 aliphatic heterocycles. The van der Waals surface area contributed by atoms with E-state index in [1.54, 1.807) is 12.4 Å². The molecule has 17 heavy (non-hydrogen) atoms. The zero-order chi connectivity index (χ0) is 12.3. The number of hydrogen-bond donors (Lipinski definition) is 1. The van der Waals surface area contributed by atoms with Gasteiger partial charge in [-0.3, -0.25) is 4.98 Å². The smallest absolute Gasteiger partial charge is 0.0659 e. The van der Waals surface area contributed by atoms with Gasteiger partial charge in [-0.05, 0) is 30.5 Å². The highest BCUT2D eigenvalue weighted by Crippen LogP contribution is 2.33. The lowest BCUT2D eigenvalue weighted by Gasteiger charge is -2.27. The molecule has 1 saturated heterocycles. The van der Waals surface area contributed by atoms with Gasteiger partial charge in [0.1, 0.15) is 0 Å². The minimum atomic E-state index is -0.329. The highest BCUT2D eigenvalue weighted by Gasteiger charge is 2.35. The van der Waals surface area contributed by atoms with Crippen molar-refractivity contribution in [2.75, 3.05) is 6.61 Å². The fourth-order valence-corrected chi connectivity index (χ4v) is 2.71. The molecule has 2 heterocycles. The third-order valence-electron chi connectivity index (χ3n) is 3.85. The van der Waals surface area contributed by atoms with Crippen LogP contribution in [0.2, 0.25) is 0 Å². The van der Waals surface area contributed by atoms with E-state index >= 15 is 0 Å². The summed E-state index contributed by atoms with van der Waals surface area (Å²) in [7, 11) is 0. The number of nitrogens with zero attached hydrogens (tertiary/aromatic N) is 1. The molecule has 4 unspecified atom stereocenters. The number of aromatic nitrogens is 1. The maximum absolute atomic E-state index is 10.5. The van der Waals surface area contributed by atoms with Crippen LogP contribution < -0.4 is 0 Å². The normalized spacial score (nSPS) is 27.9. The molecule has 4 atom stereocenters. The Hall–Kier alpha value is -0.930. The lowest BCUT2D eigenvalue weighted by Crippen LogP contribution is -2.32. The summed E-state index contributed by atoms with van der Waals surface area (Å²) < 4.78 is 5.65. The van der Waals surface area contributed by atoms with Crippen molar-refractivity contribution in [3.63, 3.8) is 0 Å². The molecule has 3 nitrogen and oxygen atoms in total. The van der Waals surface area contributed by atoms with Crippen molar-refractivity contribution in [3.8, 4) is 0 Å². The Kier molecular flexibility index (Phi) is 4.13. The van der Waals surface area contributed by atoms with Crippen LogP contribution in [-0.4, -0.2) is 28.9 Å². The molecule has 3 heteroatoms. The minimum Gasteiger partial charge on any atom is -0.392 e. The summed E-state index contributed by atoms with van der Waals surface area (Å²) in [4.78, 5) is 4.01. The molecule has 0 spiro atoms. The SMILES string of the molecule is CCC1OCCC1C(O)C(C)c1ccncc1. The predicted octanol–water partition coefficient (Wildman–Crippen LogP) is 2.36. The quantitative estimate of drug-likeness (QED) is 0.871. The number of ether oxygens (including phenoxy) is 1. The van der Waals surface area contributed by atoms with Gasteiger partial charge in [0.2, 0.25) is 0 Å². The number of hydrogen-bond acceptors (Lipinski definition) is 3. The molecule has 1 aromatic heterocycles. The van der Waals surface area contributed by atoms with E-state index in [1.807, 2.05) is 12.1 Å². The van der Waals surface area contributed by atoms with Gasteiger partial charge in [-0.2, -0.15) is 0 Å². The van der Waals surface area contributed by atoms with E-state index in [9.17, 15) is 5.11 Å². The zero-order valence-corrected chi connectivity index (χ0v) is 10.5. The molecular formula is C14H21NO2. The molecule has 0 bridgehead atoms. The first-order chi connectivity index (χ1) is 8.24. The zero-order valence-electron chi connectivity index (χ0n) is 10.5. The van der Waals surface area contributed by atoms with Crippen molar-refractivity contribution in [2.24, 2.45) is 5.92 Å². The van der Waals surface area contributed by atoms with Crippen LogP contribution in [0.5, 0.6) is 0 Å². The monoisotopic (exact) mass is 235 g/mol. The number of pyridine rings is 1. The number of rotatable bonds is 4. The standard InChI is InChI=1S/C14H21NO2/c1-3-13-12(6-9-17-13)14(16)10(2)11-4-7-15-8-5-11/h4-5,7-8,10,12-14,16H,3,6,9H2,1-2H3. The molecule has 2 rings (SSSR count). The van der Waals surface area contributed by atoms with Gasteiger partial charge in [0.15, 0.2) is 0 Å². The Bertz CT molecular complexity index is 341. The first kappa shape index (κ1) is 12.5. The Balaban J connectivity index is 2.07. The molecule has 0 radical (unpaired) electrons. The fraction of sp³-hybridized carbons (Fsp3) is 0.643. The van der Waals surface area contributed by atoms with Gasteiger partial charge in [0.05, 0.1) is 12.2 Å². The molecule has 0 amide bonds. The average molecular weight is 235 g/mol. The summed E-state index contributed by atoms with van der Waals surface area (Å²) in [6.45, 7) is 4.97. The maximum atomic E-state index is 10.5. The van der Waals surface area contributed by atoms with E-state index in [4.69, 9.17) is 4.74 Å². The van der Waals surface area contributed by atoms with E-state index < -0.39 is 0 Å². The largest absolute Gasteiger partial charge is 0.392 e. The average Bonchev–Trinajstić information content (AvgIpc) is 2.86. The summed E-state index contributed by atoms with van der Waals surface area (Å²) in [5.74, 6) is 0.405. The van der Waals surface area contributed by atoms with Crippen LogP contribution in [0, 0.1) is 5.92 Å². The van der Waals surface area contributed by atoms with Crippen molar-refractivity contribution in [1.29, 1.82) is 0 Å². The summed E-state index contributed by atoms with van der Waals surface area (Å²) in [6.07, 6.45) is 5.39. The molecule has 1 aromatic rings. The maximum Gasteiger partial charge on any atom is 0.0659 e. The van der Waals surface area contributed by atoms with Gasteiger partial charge in [0, 0.05) is 30.8 Å². The van der Waals surface area contributed by atoms with Crippen LogP contribution in [-0.2, 0) is 4.74 Å². The molecule has 0 aliphatic carbocycles. The minimum absolute atomic E-state index is 0.138. The lowest BCUT2D eigenvalue weighted by atomic mass is 9.83. The lowest BCUT2D eigenvalue weighted by molar-refractivity contribution is 0.0213. The van der Waals surface area contributed by atoms with Crippen LogP contribution in [0.3, 0.4) is 0 Å². The second kappa shape index (κ2) is 5.61. The van der Waals surface area contributed by atoms with E-state index in [-0.39, 0.29) is 24.0 Å². The van der Waals surface area contributed by atoms with Crippen LogP contribution in [0.1, 0.15) is 38.2 Å². The van der Waals surface area contributed by atoms with Crippen molar-refractivity contribution in [3.05, 3.63) is 30.1 Å². The summed E-state index contributed by atoms with van der Waals surface area (Å²) in [5, 5.41) is 10.5. The number of aliphatic hydroxyl groups excluding tert-OH is 1. The van der Waals surface area contributed by atoms with Crippen LogP contribution >= 0.6 is 0 Å². The summed E-state index contributed by atoms with van der Waals surface area (Å²) in [6, 6.07) is 3.95. The molecule has 1 N–H and O–H groups in total. The molecular weight excluding hydrogens is 214 g/mol. The topological polar surface area (TPSA) is 42.4 Å². The molecule has 0 aromatic carbocycles. The van der Waals surface area contributed by atoms with Crippen LogP contribution in [0.25, 0.3) is 0 Å². The third kappa shape index (κ3) is 2.67. The van der Waals surface area contributed by atoms with Crippen molar-refractivity contribution < 1.29 is 9.84 Å². The van der Waals surface area contributed by atoms with Crippen LogP contribution in [0.15, 0.2) is 24.5 Å². The van der Waals surface area contributed by atoms with Gasteiger partial charge in [-0.15, -0.1) is 0 Å². The second-order valence-electron chi connectivity index (χ2n) is 4.83. The van der Waals surface area contributed by atoms with Crippen molar-refractivity contribution in [1.82, 2.24) is 4.98 Å². The third-order valence-corrected chi connectivity index (χ3v) is 3.85. The van der Waals surface area contributed by atoms with Crippen LogP contribution in [0.4, 0.5) is 0 Å². The van der Waals surface area contributed by atoms with E-state index in [0.29, 0.717) is 0 Å². The summed E-state index contributed by atoms with van der Waals surface area (Å²) >= 11 is 0. The van der Waals surface area contributed by atoms with E-state index in [0.717, 1.165) is 25.0 Å². The van der Waals surface area contributed by atoms with Gasteiger partial charge in [0.25, 0.3) is 0 Å². The molecule has 0 saturated carbocycles. The number of aliphatic hydroxyl groups is 1.